The zero-order chi connectivity index (χ0) is 25.3. The Morgan fingerprint density at radius 2 is 1.63 bits per heavy atom. The number of hydrogen-bond donors (Lipinski definition) is 2. The highest BCUT2D eigenvalue weighted by atomic mass is 19.1. The highest BCUT2D eigenvalue weighted by Gasteiger charge is 2.16. The molecule has 0 saturated carbocycles. The van der Waals surface area contributed by atoms with Crippen LogP contribution in [0.15, 0.2) is 6.33 Å². The van der Waals surface area contributed by atoms with Crippen molar-refractivity contribution >= 4 is 22.9 Å². The van der Waals surface area contributed by atoms with Gasteiger partial charge in [-0.15, -0.1) is 0 Å². The molecule has 0 saturated heterocycles. The third-order valence-corrected chi connectivity index (χ3v) is 6.43. The van der Waals surface area contributed by atoms with E-state index in [0.29, 0.717) is 30.6 Å². The highest BCUT2D eigenvalue weighted by molar-refractivity contribution is 5.96. The van der Waals surface area contributed by atoms with Gasteiger partial charge in [-0.1, -0.05) is 84.0 Å². The fourth-order valence-corrected chi connectivity index (χ4v) is 4.23. The molecule has 0 aromatic carbocycles. The van der Waals surface area contributed by atoms with Gasteiger partial charge in [-0.2, -0.15) is 14.4 Å². The van der Waals surface area contributed by atoms with Gasteiger partial charge < -0.3 is 19.7 Å². The van der Waals surface area contributed by atoms with E-state index >= 15 is 0 Å². The fourth-order valence-electron chi connectivity index (χ4n) is 4.23. The van der Waals surface area contributed by atoms with E-state index in [1.807, 2.05) is 0 Å². The zero-order valence-corrected chi connectivity index (χ0v) is 21.6. The molecule has 2 heterocycles. The summed E-state index contributed by atoms with van der Waals surface area (Å²) in [6, 6.07) is 0. The van der Waals surface area contributed by atoms with E-state index in [1.54, 1.807) is 4.57 Å². The molecule has 0 aliphatic heterocycles. The number of halogens is 1. The molecule has 0 aliphatic rings. The molecule has 8 nitrogen and oxygen atoms in total. The lowest BCUT2D eigenvalue weighted by Gasteiger charge is -2.12. The van der Waals surface area contributed by atoms with Crippen molar-refractivity contribution in [1.82, 2.24) is 19.5 Å². The molecule has 1 unspecified atom stereocenters. The van der Waals surface area contributed by atoms with Crippen molar-refractivity contribution in [3.05, 3.63) is 12.4 Å². The summed E-state index contributed by atoms with van der Waals surface area (Å²) in [5.74, 6) is -0.0989. The molecule has 1 amide bonds. The topological polar surface area (TPSA) is 102 Å². The second-order valence-corrected chi connectivity index (χ2v) is 9.32. The number of nitrogens with one attached hydrogen (secondary N) is 1. The second kappa shape index (κ2) is 17.3. The second-order valence-electron chi connectivity index (χ2n) is 9.32. The molecule has 35 heavy (non-hydrogen) atoms. The lowest BCUT2D eigenvalue weighted by molar-refractivity contribution is -0.116. The van der Waals surface area contributed by atoms with Crippen molar-refractivity contribution in [1.29, 1.82) is 0 Å². The molecule has 198 valence electrons. The Hall–Kier alpha value is -2.13. The molecule has 9 heteroatoms. The first-order valence-corrected chi connectivity index (χ1v) is 13.4. The van der Waals surface area contributed by atoms with E-state index in [1.165, 1.54) is 77.6 Å². The summed E-state index contributed by atoms with van der Waals surface area (Å²) < 4.78 is 20.9. The van der Waals surface area contributed by atoms with E-state index in [-0.39, 0.29) is 24.4 Å². The number of rotatable bonds is 20. The molecule has 0 fully saturated rings. The number of amides is 1. The van der Waals surface area contributed by atoms with Gasteiger partial charge >= 0.3 is 6.08 Å². The number of anilines is 1. The van der Waals surface area contributed by atoms with Gasteiger partial charge in [-0.05, 0) is 12.8 Å². The summed E-state index contributed by atoms with van der Waals surface area (Å²) in [4.78, 5) is 24.2. The van der Waals surface area contributed by atoms with Crippen LogP contribution in [0.1, 0.15) is 103 Å². The summed E-state index contributed by atoms with van der Waals surface area (Å²) in [5.41, 5.74) is 0.657. The lowest BCUT2D eigenvalue weighted by atomic mass is 10.0. The minimum absolute atomic E-state index is 0.0939. The Morgan fingerprint density at radius 1 is 1.03 bits per heavy atom. The summed E-state index contributed by atoms with van der Waals surface area (Å²) in [6.45, 7) is 2.59. The van der Waals surface area contributed by atoms with Crippen LogP contribution in [-0.2, 0) is 16.1 Å². The zero-order valence-electron chi connectivity index (χ0n) is 21.6. The molecule has 0 bridgehead atoms. The number of carbonyl (C=O) groups excluding carboxylic acids is 1. The third kappa shape index (κ3) is 11.0. The Bertz CT molecular complexity index is 857. The number of fused-ring (bicyclic) bond motifs is 1. The van der Waals surface area contributed by atoms with E-state index in [4.69, 9.17) is 4.74 Å². The standard InChI is InChI=1S/C26H44FN5O3/c1-3-4-5-6-7-8-9-10-11-12-13-14-15-16-22(34)29-24-23-25(31-26(27)30-24)32(20-28-23)18-17-21(19-33)35-2/h20-21,33H,3-19H2,1-2H3,(H,29,30,31,34). The van der Waals surface area contributed by atoms with Crippen LogP contribution in [0.4, 0.5) is 10.2 Å². The average molecular weight is 494 g/mol. The van der Waals surface area contributed by atoms with E-state index < -0.39 is 6.08 Å². The SMILES string of the molecule is CCCCCCCCCCCCCCCC(=O)Nc1nc(F)nc2c1ncn2CCC(CO)OC. The van der Waals surface area contributed by atoms with Gasteiger partial charge in [-0.3, -0.25) is 4.79 Å². The smallest absolute Gasteiger partial charge is 0.312 e. The lowest BCUT2D eigenvalue weighted by Crippen LogP contribution is -2.18. The molecule has 0 radical (unpaired) electrons. The number of carbonyl (C=O) groups is 1. The van der Waals surface area contributed by atoms with Gasteiger partial charge in [-0.25, -0.2) is 4.98 Å². The normalized spacial score (nSPS) is 12.3. The van der Waals surface area contributed by atoms with Crippen LogP contribution in [0.3, 0.4) is 0 Å². The summed E-state index contributed by atoms with van der Waals surface area (Å²) in [6.07, 6.45) is 17.4. The maximum atomic E-state index is 14.0. The van der Waals surface area contributed by atoms with Crippen LogP contribution in [0.2, 0.25) is 0 Å². The maximum Gasteiger partial charge on any atom is 0.312 e. The van der Waals surface area contributed by atoms with E-state index in [2.05, 4.69) is 27.2 Å². The van der Waals surface area contributed by atoms with E-state index in [0.717, 1.165) is 19.3 Å². The molecule has 2 N–H and O–H groups in total. The fraction of sp³-hybridized carbons (Fsp3) is 0.769. The van der Waals surface area contributed by atoms with Gasteiger partial charge in [0.2, 0.25) is 5.91 Å². The Morgan fingerprint density at radius 3 is 2.20 bits per heavy atom. The van der Waals surface area contributed by atoms with Crippen LogP contribution in [0.25, 0.3) is 11.2 Å². The molecule has 0 spiro atoms. The first kappa shape index (κ1) is 29.1. The maximum absolute atomic E-state index is 14.0. The minimum Gasteiger partial charge on any atom is -0.394 e. The van der Waals surface area contributed by atoms with Crippen LogP contribution in [0, 0.1) is 6.08 Å². The largest absolute Gasteiger partial charge is 0.394 e. The van der Waals surface area contributed by atoms with Crippen molar-refractivity contribution in [2.24, 2.45) is 0 Å². The first-order chi connectivity index (χ1) is 17.1. The molecule has 2 rings (SSSR count). The minimum atomic E-state index is -0.916. The third-order valence-electron chi connectivity index (χ3n) is 6.43. The number of ether oxygens (including phenoxy) is 1. The van der Waals surface area contributed by atoms with Crippen molar-refractivity contribution in [2.75, 3.05) is 19.0 Å². The molecular formula is C26H44FN5O3. The molecule has 2 aromatic rings. The van der Waals surface area contributed by atoms with Gasteiger partial charge in [0.05, 0.1) is 19.0 Å². The van der Waals surface area contributed by atoms with Crippen molar-refractivity contribution in [2.45, 2.75) is 116 Å². The van der Waals surface area contributed by atoms with Crippen LogP contribution in [-0.4, -0.2) is 50.4 Å². The number of aromatic nitrogens is 4. The number of unbranched alkanes of at least 4 members (excludes halogenated alkanes) is 12. The Balaban J connectivity index is 1.66. The number of aryl methyl sites for hydroxylation is 1. The number of nitrogens with zero attached hydrogens (tertiary/aromatic N) is 4. The van der Waals surface area contributed by atoms with Crippen LogP contribution < -0.4 is 5.32 Å². The summed E-state index contributed by atoms with van der Waals surface area (Å²) >= 11 is 0. The predicted molar refractivity (Wildman–Crippen MR) is 137 cm³/mol. The van der Waals surface area contributed by atoms with Crippen molar-refractivity contribution < 1.29 is 19.0 Å². The quantitative estimate of drug-likeness (QED) is 0.179. The van der Waals surface area contributed by atoms with Gasteiger partial charge in [0.15, 0.2) is 17.0 Å². The summed E-state index contributed by atoms with van der Waals surface area (Å²) in [7, 11) is 1.53. The van der Waals surface area contributed by atoms with Gasteiger partial charge in [0.25, 0.3) is 0 Å². The average Bonchev–Trinajstić information content (AvgIpc) is 3.25. The molecule has 1 atom stereocenters. The van der Waals surface area contributed by atoms with Gasteiger partial charge in [0, 0.05) is 20.1 Å². The molecular weight excluding hydrogens is 449 g/mol. The van der Waals surface area contributed by atoms with Crippen molar-refractivity contribution in [3.63, 3.8) is 0 Å². The van der Waals surface area contributed by atoms with Crippen LogP contribution >= 0.6 is 0 Å². The predicted octanol–water partition coefficient (Wildman–Crippen LogP) is 5.78. The van der Waals surface area contributed by atoms with Crippen molar-refractivity contribution in [3.8, 4) is 0 Å². The number of hydrogen-bond acceptors (Lipinski definition) is 6. The molecule has 2 aromatic heterocycles. The first-order valence-electron chi connectivity index (χ1n) is 13.4. The summed E-state index contributed by atoms with van der Waals surface area (Å²) in [5, 5.41) is 12.0. The molecule has 0 aliphatic carbocycles. The van der Waals surface area contributed by atoms with Crippen LogP contribution in [0.5, 0.6) is 0 Å². The van der Waals surface area contributed by atoms with E-state index in [9.17, 15) is 14.3 Å². The number of aliphatic hydroxyl groups is 1. The highest BCUT2D eigenvalue weighted by Crippen LogP contribution is 2.20. The number of aliphatic hydroxyl groups excluding tert-OH is 1. The Labute approximate surface area is 209 Å². The van der Waals surface area contributed by atoms with Gasteiger partial charge in [0.1, 0.15) is 0 Å². The Kier molecular flexibility index (Phi) is 14.4. The number of imidazole rings is 1. The number of methoxy groups -OCH3 is 1. The monoisotopic (exact) mass is 493 g/mol.